The summed E-state index contributed by atoms with van der Waals surface area (Å²) in [7, 11) is 0. The van der Waals surface area contributed by atoms with Crippen LogP contribution in [0.15, 0.2) is 29.6 Å². The molecule has 0 saturated heterocycles. The van der Waals surface area contributed by atoms with E-state index in [4.69, 9.17) is 0 Å². The van der Waals surface area contributed by atoms with Gasteiger partial charge in [-0.15, -0.1) is 11.3 Å². The standard InChI is InChI=1S/C15H19FN2OS/c1-3-15-18-13(9-20-15)10(2)17-8-14(19)11-6-4-5-7-12(11)16/h4-7,9-10,14,17,19H,3,8H2,1-2H3. The third-order valence-electron chi connectivity index (χ3n) is 3.20. The molecular weight excluding hydrogens is 275 g/mol. The first-order valence-corrected chi connectivity index (χ1v) is 7.60. The maximum Gasteiger partial charge on any atom is 0.129 e. The minimum Gasteiger partial charge on any atom is -0.387 e. The zero-order chi connectivity index (χ0) is 14.5. The average Bonchev–Trinajstić information content (AvgIpc) is 2.94. The number of nitrogens with one attached hydrogen (secondary N) is 1. The predicted octanol–water partition coefficient (Wildman–Crippen LogP) is 3.23. The number of benzene rings is 1. The van der Waals surface area contributed by atoms with Crippen molar-refractivity contribution >= 4 is 11.3 Å². The van der Waals surface area contributed by atoms with E-state index in [-0.39, 0.29) is 11.9 Å². The van der Waals surface area contributed by atoms with Crippen molar-refractivity contribution in [2.24, 2.45) is 0 Å². The summed E-state index contributed by atoms with van der Waals surface area (Å²) in [6.07, 6.45) is 0.0674. The van der Waals surface area contributed by atoms with E-state index < -0.39 is 6.10 Å². The van der Waals surface area contributed by atoms with Gasteiger partial charge in [0.1, 0.15) is 5.82 Å². The number of hydrogen-bond acceptors (Lipinski definition) is 4. The van der Waals surface area contributed by atoms with Crippen molar-refractivity contribution in [2.45, 2.75) is 32.4 Å². The maximum absolute atomic E-state index is 13.5. The fourth-order valence-electron chi connectivity index (χ4n) is 1.93. The maximum atomic E-state index is 13.5. The van der Waals surface area contributed by atoms with Crippen LogP contribution in [0, 0.1) is 5.82 Å². The van der Waals surface area contributed by atoms with E-state index in [1.165, 1.54) is 6.07 Å². The van der Waals surface area contributed by atoms with Crippen LogP contribution >= 0.6 is 11.3 Å². The summed E-state index contributed by atoms with van der Waals surface area (Å²) in [5.41, 5.74) is 1.28. The van der Waals surface area contributed by atoms with Gasteiger partial charge in [0.15, 0.2) is 0 Å². The van der Waals surface area contributed by atoms with Gasteiger partial charge < -0.3 is 10.4 Å². The number of nitrogens with zero attached hydrogens (tertiary/aromatic N) is 1. The summed E-state index contributed by atoms with van der Waals surface area (Å²) < 4.78 is 13.5. The molecule has 1 heterocycles. The van der Waals surface area contributed by atoms with Crippen LogP contribution in [0.1, 0.15) is 42.3 Å². The fraction of sp³-hybridized carbons (Fsp3) is 0.400. The Bertz CT molecular complexity index is 558. The molecule has 0 saturated carbocycles. The van der Waals surface area contributed by atoms with Crippen LogP contribution in [-0.4, -0.2) is 16.6 Å². The highest BCUT2D eigenvalue weighted by Gasteiger charge is 2.15. The highest BCUT2D eigenvalue weighted by molar-refractivity contribution is 7.09. The van der Waals surface area contributed by atoms with Crippen LogP contribution in [0.4, 0.5) is 4.39 Å². The van der Waals surface area contributed by atoms with Gasteiger partial charge >= 0.3 is 0 Å². The van der Waals surface area contributed by atoms with Crippen molar-refractivity contribution in [2.75, 3.05) is 6.54 Å². The second-order valence-electron chi connectivity index (χ2n) is 4.69. The van der Waals surface area contributed by atoms with Crippen LogP contribution < -0.4 is 5.32 Å². The van der Waals surface area contributed by atoms with Crippen LogP contribution in [0.3, 0.4) is 0 Å². The van der Waals surface area contributed by atoms with Gasteiger partial charge in [0, 0.05) is 23.5 Å². The molecule has 1 aromatic carbocycles. The third kappa shape index (κ3) is 3.62. The van der Waals surface area contributed by atoms with Crippen molar-refractivity contribution < 1.29 is 9.50 Å². The first kappa shape index (κ1) is 15.1. The van der Waals surface area contributed by atoms with E-state index in [1.54, 1.807) is 29.5 Å². The zero-order valence-corrected chi connectivity index (χ0v) is 12.5. The highest BCUT2D eigenvalue weighted by atomic mass is 32.1. The molecule has 2 N–H and O–H groups in total. The van der Waals surface area contributed by atoms with E-state index in [1.807, 2.05) is 12.3 Å². The van der Waals surface area contributed by atoms with Crippen molar-refractivity contribution in [1.29, 1.82) is 0 Å². The summed E-state index contributed by atoms with van der Waals surface area (Å²) in [5.74, 6) is -0.378. The summed E-state index contributed by atoms with van der Waals surface area (Å²) in [5, 5.41) is 16.3. The minimum absolute atomic E-state index is 0.0352. The topological polar surface area (TPSA) is 45.2 Å². The summed E-state index contributed by atoms with van der Waals surface area (Å²) in [6.45, 7) is 4.35. The summed E-state index contributed by atoms with van der Waals surface area (Å²) >= 11 is 1.64. The quantitative estimate of drug-likeness (QED) is 0.860. The number of aliphatic hydroxyl groups excluding tert-OH is 1. The molecule has 0 fully saturated rings. The molecule has 108 valence electrons. The Labute approximate surface area is 122 Å². The molecule has 0 spiro atoms. The number of aryl methyl sites for hydroxylation is 1. The first-order chi connectivity index (χ1) is 9.61. The highest BCUT2D eigenvalue weighted by Crippen LogP contribution is 2.19. The molecule has 3 nitrogen and oxygen atoms in total. The van der Waals surface area contributed by atoms with Crippen LogP contribution in [0.25, 0.3) is 0 Å². The monoisotopic (exact) mass is 294 g/mol. The Kier molecular flexibility index (Phi) is 5.23. The minimum atomic E-state index is -0.858. The van der Waals surface area contributed by atoms with E-state index in [0.29, 0.717) is 12.1 Å². The average molecular weight is 294 g/mol. The molecule has 2 atom stereocenters. The van der Waals surface area contributed by atoms with Crippen molar-refractivity contribution in [3.63, 3.8) is 0 Å². The molecule has 0 radical (unpaired) electrons. The third-order valence-corrected chi connectivity index (χ3v) is 4.21. The molecular formula is C15H19FN2OS. The van der Waals surface area contributed by atoms with E-state index in [2.05, 4.69) is 17.2 Å². The van der Waals surface area contributed by atoms with E-state index in [9.17, 15) is 9.50 Å². The van der Waals surface area contributed by atoms with Gasteiger partial charge in [0.25, 0.3) is 0 Å². The van der Waals surface area contributed by atoms with Gasteiger partial charge in [-0.05, 0) is 19.4 Å². The second-order valence-corrected chi connectivity index (χ2v) is 5.63. The number of aromatic nitrogens is 1. The Hall–Kier alpha value is -1.30. The summed E-state index contributed by atoms with van der Waals surface area (Å²) in [4.78, 5) is 4.50. The lowest BCUT2D eigenvalue weighted by molar-refractivity contribution is 0.166. The Morgan fingerprint density at radius 1 is 1.40 bits per heavy atom. The van der Waals surface area contributed by atoms with Crippen LogP contribution in [0.2, 0.25) is 0 Å². The van der Waals surface area contributed by atoms with E-state index in [0.717, 1.165) is 17.1 Å². The summed E-state index contributed by atoms with van der Waals surface area (Å²) in [6, 6.07) is 6.33. The zero-order valence-electron chi connectivity index (χ0n) is 11.6. The molecule has 0 amide bonds. The fourth-order valence-corrected chi connectivity index (χ4v) is 2.77. The first-order valence-electron chi connectivity index (χ1n) is 6.72. The lowest BCUT2D eigenvalue weighted by Crippen LogP contribution is -2.25. The largest absolute Gasteiger partial charge is 0.387 e. The molecule has 2 unspecified atom stereocenters. The Morgan fingerprint density at radius 3 is 2.80 bits per heavy atom. The van der Waals surface area contributed by atoms with Crippen molar-refractivity contribution in [3.8, 4) is 0 Å². The smallest absolute Gasteiger partial charge is 0.129 e. The molecule has 2 rings (SSSR count). The number of hydrogen-bond donors (Lipinski definition) is 2. The lowest BCUT2D eigenvalue weighted by Gasteiger charge is -2.16. The molecule has 1 aromatic heterocycles. The number of aliphatic hydroxyl groups is 1. The van der Waals surface area contributed by atoms with Gasteiger partial charge in [-0.1, -0.05) is 25.1 Å². The van der Waals surface area contributed by atoms with Gasteiger partial charge in [-0.25, -0.2) is 9.37 Å². The van der Waals surface area contributed by atoms with E-state index >= 15 is 0 Å². The molecule has 5 heteroatoms. The van der Waals surface area contributed by atoms with Crippen molar-refractivity contribution in [3.05, 3.63) is 51.7 Å². The van der Waals surface area contributed by atoms with Crippen LogP contribution in [-0.2, 0) is 6.42 Å². The van der Waals surface area contributed by atoms with Gasteiger partial charge in [-0.3, -0.25) is 0 Å². The Morgan fingerprint density at radius 2 is 2.15 bits per heavy atom. The molecule has 0 bridgehead atoms. The van der Waals surface area contributed by atoms with Crippen LogP contribution in [0.5, 0.6) is 0 Å². The number of halogens is 1. The van der Waals surface area contributed by atoms with Gasteiger partial charge in [0.2, 0.25) is 0 Å². The molecule has 0 aliphatic carbocycles. The number of thiazole rings is 1. The molecule has 0 aliphatic heterocycles. The normalized spacial score (nSPS) is 14.2. The van der Waals surface area contributed by atoms with Gasteiger partial charge in [-0.2, -0.15) is 0 Å². The second kappa shape index (κ2) is 6.92. The molecule has 2 aromatic rings. The molecule has 0 aliphatic rings. The molecule has 20 heavy (non-hydrogen) atoms. The SMILES string of the molecule is CCc1nc(C(C)NCC(O)c2ccccc2F)cs1. The lowest BCUT2D eigenvalue weighted by atomic mass is 10.1. The Balaban J connectivity index is 1.93. The van der Waals surface area contributed by atoms with Gasteiger partial charge in [0.05, 0.1) is 16.8 Å². The van der Waals surface area contributed by atoms with Crippen molar-refractivity contribution in [1.82, 2.24) is 10.3 Å². The number of rotatable bonds is 6. The predicted molar refractivity (Wildman–Crippen MR) is 79.3 cm³/mol.